The summed E-state index contributed by atoms with van der Waals surface area (Å²) in [6.45, 7) is 3.58. The molecule has 0 spiro atoms. The van der Waals surface area contributed by atoms with Gasteiger partial charge >= 0.3 is 0 Å². The van der Waals surface area contributed by atoms with E-state index in [0.717, 1.165) is 50.0 Å². The Morgan fingerprint density at radius 3 is 2.43 bits per heavy atom. The van der Waals surface area contributed by atoms with Gasteiger partial charge in [-0.1, -0.05) is 60.1 Å². The van der Waals surface area contributed by atoms with Crippen molar-refractivity contribution in [2.45, 2.75) is 80.3 Å². The Bertz CT molecular complexity index is 1720. The highest BCUT2D eigenvalue weighted by Crippen LogP contribution is 2.46. The summed E-state index contributed by atoms with van der Waals surface area (Å²) in [5, 5.41) is 0.269. The molecular formula is C34H39ClN4O2S. The molecule has 4 aromatic rings. The number of piperidine rings is 1. The van der Waals surface area contributed by atoms with E-state index in [1.807, 2.05) is 0 Å². The molecule has 0 amide bonds. The van der Waals surface area contributed by atoms with Crippen LogP contribution in [0.25, 0.3) is 11.0 Å². The molecule has 2 bridgehead atoms. The summed E-state index contributed by atoms with van der Waals surface area (Å²) < 4.78 is 31.4. The monoisotopic (exact) mass is 602 g/mol. The van der Waals surface area contributed by atoms with Crippen LogP contribution in [0, 0.1) is 6.92 Å². The Hall–Kier alpha value is -2.71. The van der Waals surface area contributed by atoms with Crippen molar-refractivity contribution in [2.75, 3.05) is 20.1 Å². The van der Waals surface area contributed by atoms with Crippen LogP contribution < -0.4 is 0 Å². The third kappa shape index (κ3) is 4.69. The molecule has 4 atom stereocenters. The van der Waals surface area contributed by atoms with Crippen LogP contribution in [-0.2, 0) is 21.9 Å². The van der Waals surface area contributed by atoms with Gasteiger partial charge in [0.25, 0.3) is 0 Å². The fraction of sp³-hybridized carbons (Fsp3) is 0.441. The van der Waals surface area contributed by atoms with E-state index >= 15 is 0 Å². The van der Waals surface area contributed by atoms with Gasteiger partial charge in [-0.05, 0) is 93.8 Å². The SMILES string of the molecule is Cc1nc2ccccc2n1C1C[C@H]2CC[C@@H](C1)N2CC[C@@]1(CN(C)S(=O)(=O)c2ccccc2Cl)CCc2ccccc21. The largest absolute Gasteiger partial charge is 0.325 e. The van der Waals surface area contributed by atoms with E-state index < -0.39 is 10.0 Å². The summed E-state index contributed by atoms with van der Waals surface area (Å²) in [5.74, 6) is 1.11. The van der Waals surface area contributed by atoms with Gasteiger partial charge in [0.15, 0.2) is 0 Å². The molecule has 2 fully saturated rings. The van der Waals surface area contributed by atoms with Crippen LogP contribution in [0.2, 0.25) is 5.02 Å². The predicted molar refractivity (Wildman–Crippen MR) is 169 cm³/mol. The first-order valence-electron chi connectivity index (χ1n) is 15.3. The number of halogens is 1. The molecule has 3 aliphatic rings. The van der Waals surface area contributed by atoms with Crippen molar-refractivity contribution in [2.24, 2.45) is 0 Å². The number of hydrogen-bond acceptors (Lipinski definition) is 4. The minimum absolute atomic E-state index is 0.179. The van der Waals surface area contributed by atoms with E-state index in [1.54, 1.807) is 35.6 Å². The van der Waals surface area contributed by atoms with E-state index in [1.165, 1.54) is 29.5 Å². The normalized spacial score (nSPS) is 25.9. The quantitative estimate of drug-likeness (QED) is 0.224. The lowest BCUT2D eigenvalue weighted by Gasteiger charge is -2.42. The van der Waals surface area contributed by atoms with Crippen molar-refractivity contribution in [1.29, 1.82) is 0 Å². The molecular weight excluding hydrogens is 564 g/mol. The van der Waals surface area contributed by atoms with E-state index in [-0.39, 0.29) is 15.3 Å². The molecule has 3 heterocycles. The van der Waals surface area contributed by atoms with Crippen molar-refractivity contribution in [1.82, 2.24) is 18.8 Å². The number of hydrogen-bond donors (Lipinski definition) is 0. The third-order valence-electron chi connectivity index (χ3n) is 10.4. The van der Waals surface area contributed by atoms with Gasteiger partial charge in [-0.3, -0.25) is 4.90 Å². The number of likely N-dealkylation sites (N-methyl/N-ethyl adjacent to an activating group) is 1. The summed E-state index contributed by atoms with van der Waals surface area (Å²) in [5.41, 5.74) is 4.77. The highest BCUT2D eigenvalue weighted by molar-refractivity contribution is 7.89. The van der Waals surface area contributed by atoms with Gasteiger partial charge in [0.05, 0.1) is 16.1 Å². The third-order valence-corrected chi connectivity index (χ3v) is 12.7. The standard InChI is InChI=1S/C34H39ClN4O2S/c1-24-36-31-12-6-7-13-32(31)39(24)28-21-26-15-16-27(22-28)38(26)20-19-34(18-17-25-9-3-4-10-29(25)34)23-37(2)42(40,41)33-14-8-5-11-30(33)35/h3-14,26-28H,15-23H2,1-2H3/t26-,27+,28?,34-/m1/s1. The molecule has 3 aromatic carbocycles. The maximum atomic E-state index is 13.7. The number of nitrogens with zero attached hydrogens (tertiary/aromatic N) is 4. The topological polar surface area (TPSA) is 58.4 Å². The van der Waals surface area contributed by atoms with Crippen molar-refractivity contribution >= 4 is 32.7 Å². The number of sulfonamides is 1. The number of para-hydroxylation sites is 2. The van der Waals surface area contributed by atoms with Crippen molar-refractivity contribution in [3.05, 3.63) is 94.8 Å². The van der Waals surface area contributed by atoms with Crippen molar-refractivity contribution in [3.8, 4) is 0 Å². The summed E-state index contributed by atoms with van der Waals surface area (Å²) in [4.78, 5) is 7.80. The fourth-order valence-corrected chi connectivity index (χ4v) is 10.1. The molecule has 8 heteroatoms. The van der Waals surface area contributed by atoms with Gasteiger partial charge in [0.2, 0.25) is 10.0 Å². The first kappa shape index (κ1) is 28.1. The molecule has 7 rings (SSSR count). The average Bonchev–Trinajstić information content (AvgIpc) is 3.59. The van der Waals surface area contributed by atoms with Gasteiger partial charge in [-0.15, -0.1) is 0 Å². The maximum absolute atomic E-state index is 13.7. The van der Waals surface area contributed by atoms with Crippen LogP contribution in [0.5, 0.6) is 0 Å². The maximum Gasteiger partial charge on any atom is 0.244 e. The van der Waals surface area contributed by atoms with Crippen LogP contribution in [0.1, 0.15) is 61.5 Å². The van der Waals surface area contributed by atoms with Crippen molar-refractivity contribution in [3.63, 3.8) is 0 Å². The van der Waals surface area contributed by atoms with Crippen LogP contribution in [-0.4, -0.2) is 59.4 Å². The Morgan fingerprint density at radius 2 is 1.64 bits per heavy atom. The van der Waals surface area contributed by atoms with Gasteiger partial charge in [0.1, 0.15) is 10.7 Å². The number of benzene rings is 3. The molecule has 1 unspecified atom stereocenters. The highest BCUT2D eigenvalue weighted by atomic mass is 35.5. The van der Waals surface area contributed by atoms with E-state index in [9.17, 15) is 8.42 Å². The lowest BCUT2D eigenvalue weighted by Crippen LogP contribution is -2.47. The second-order valence-electron chi connectivity index (χ2n) is 12.6. The van der Waals surface area contributed by atoms with E-state index in [4.69, 9.17) is 16.6 Å². The molecule has 1 aromatic heterocycles. The Balaban J connectivity index is 1.13. The van der Waals surface area contributed by atoms with Crippen LogP contribution >= 0.6 is 11.6 Å². The Kier molecular flexibility index (Phi) is 7.21. The molecule has 6 nitrogen and oxygen atoms in total. The average molecular weight is 603 g/mol. The lowest BCUT2D eigenvalue weighted by atomic mass is 9.78. The number of rotatable bonds is 8. The fourth-order valence-electron chi connectivity index (χ4n) is 8.39. The Morgan fingerprint density at radius 1 is 0.952 bits per heavy atom. The molecule has 1 aliphatic carbocycles. The van der Waals surface area contributed by atoms with Gasteiger partial charge in [-0.25, -0.2) is 13.4 Å². The molecule has 2 saturated heterocycles. The first-order chi connectivity index (χ1) is 20.3. The minimum Gasteiger partial charge on any atom is -0.325 e. The highest BCUT2D eigenvalue weighted by Gasteiger charge is 2.46. The molecule has 0 radical (unpaired) electrons. The first-order valence-corrected chi connectivity index (χ1v) is 17.1. The smallest absolute Gasteiger partial charge is 0.244 e. The number of aromatic nitrogens is 2. The predicted octanol–water partition coefficient (Wildman–Crippen LogP) is 6.76. The zero-order valence-electron chi connectivity index (χ0n) is 24.4. The van der Waals surface area contributed by atoms with Crippen LogP contribution in [0.15, 0.2) is 77.7 Å². The van der Waals surface area contributed by atoms with E-state index in [2.05, 4.69) is 64.9 Å². The number of aryl methyl sites for hydroxylation is 2. The zero-order valence-corrected chi connectivity index (χ0v) is 26.0. The second-order valence-corrected chi connectivity index (χ2v) is 15.1. The van der Waals surface area contributed by atoms with Crippen molar-refractivity contribution < 1.29 is 8.42 Å². The summed E-state index contributed by atoms with van der Waals surface area (Å²) >= 11 is 6.36. The van der Waals surface area contributed by atoms with E-state index in [0.29, 0.717) is 24.7 Å². The Labute approximate surface area is 254 Å². The molecule has 0 N–H and O–H groups in total. The second kappa shape index (κ2) is 10.8. The zero-order chi connectivity index (χ0) is 29.1. The summed E-state index contributed by atoms with van der Waals surface area (Å²) in [6.07, 6.45) is 7.63. The van der Waals surface area contributed by atoms with Gasteiger partial charge < -0.3 is 4.57 Å². The minimum atomic E-state index is -3.73. The molecule has 0 saturated carbocycles. The summed E-state index contributed by atoms with van der Waals surface area (Å²) in [6, 6.07) is 25.5. The van der Waals surface area contributed by atoms with Crippen LogP contribution in [0.3, 0.4) is 0 Å². The lowest BCUT2D eigenvalue weighted by molar-refractivity contribution is 0.0949. The molecule has 2 aliphatic heterocycles. The van der Waals surface area contributed by atoms with Gasteiger partial charge in [0, 0.05) is 37.1 Å². The van der Waals surface area contributed by atoms with Gasteiger partial charge in [-0.2, -0.15) is 4.31 Å². The van der Waals surface area contributed by atoms with Crippen LogP contribution in [0.4, 0.5) is 0 Å². The molecule has 220 valence electrons. The number of imidazole rings is 1. The summed E-state index contributed by atoms with van der Waals surface area (Å²) in [7, 11) is -2.01. The molecule has 42 heavy (non-hydrogen) atoms. The number of fused-ring (bicyclic) bond motifs is 4.